The molecule has 1 aliphatic rings. The van der Waals surface area contributed by atoms with Crippen molar-refractivity contribution in [3.8, 4) is 11.8 Å². The molecule has 8 heteroatoms. The Balaban J connectivity index is 1.46. The van der Waals surface area contributed by atoms with E-state index in [9.17, 15) is 27.6 Å². The van der Waals surface area contributed by atoms with Crippen molar-refractivity contribution in [2.45, 2.75) is 19.0 Å². The number of rotatable bonds is 5. The topological polar surface area (TPSA) is 66.5 Å². The Morgan fingerprint density at radius 1 is 0.967 bits per heavy atom. The maximum absolute atomic E-state index is 12.9. The highest BCUT2D eigenvalue weighted by Crippen LogP contribution is 2.31. The van der Waals surface area contributed by atoms with Crippen LogP contribution in [0.15, 0.2) is 48.5 Å². The third kappa shape index (κ3) is 4.69. The summed E-state index contributed by atoms with van der Waals surface area (Å²) in [6, 6.07) is 11.5. The molecule has 5 nitrogen and oxygen atoms in total. The van der Waals surface area contributed by atoms with Crippen LogP contribution in [-0.2, 0) is 11.0 Å². The Morgan fingerprint density at radius 2 is 1.57 bits per heavy atom. The van der Waals surface area contributed by atoms with Crippen molar-refractivity contribution in [2.24, 2.45) is 0 Å². The summed E-state index contributed by atoms with van der Waals surface area (Å²) in [5, 5.41) is 2.49. The standard InChI is InChI=1S/C22H17F3N2O3/c23-22(24,25)18-11-4-1-7-15(18)8-5-13-26-19(28)12-6-14-27-20(29)16-9-2-3-10-17(16)21(27)30/h1-4,7,9-11H,6,12-14H2,(H,26,28). The van der Waals surface area contributed by atoms with E-state index in [0.717, 1.165) is 11.0 Å². The van der Waals surface area contributed by atoms with Crippen LogP contribution < -0.4 is 5.32 Å². The van der Waals surface area contributed by atoms with Gasteiger partial charge in [0.15, 0.2) is 0 Å². The van der Waals surface area contributed by atoms with Crippen LogP contribution in [0.25, 0.3) is 0 Å². The van der Waals surface area contributed by atoms with Gasteiger partial charge >= 0.3 is 6.18 Å². The largest absolute Gasteiger partial charge is 0.417 e. The Hall–Kier alpha value is -3.60. The highest BCUT2D eigenvalue weighted by Gasteiger charge is 2.34. The Kier molecular flexibility index (Phi) is 6.21. The van der Waals surface area contributed by atoms with Crippen molar-refractivity contribution in [1.82, 2.24) is 10.2 Å². The summed E-state index contributed by atoms with van der Waals surface area (Å²) in [6.45, 7) is -0.0115. The van der Waals surface area contributed by atoms with Crippen molar-refractivity contribution in [3.63, 3.8) is 0 Å². The molecule has 30 heavy (non-hydrogen) atoms. The lowest BCUT2D eigenvalue weighted by Crippen LogP contribution is -2.32. The molecule has 2 aromatic rings. The molecule has 1 N–H and O–H groups in total. The molecule has 0 bridgehead atoms. The molecule has 0 spiro atoms. The molecule has 0 unspecified atom stereocenters. The first-order valence-electron chi connectivity index (χ1n) is 9.16. The van der Waals surface area contributed by atoms with E-state index in [-0.39, 0.29) is 49.2 Å². The molecule has 154 valence electrons. The average Bonchev–Trinajstić information content (AvgIpc) is 2.96. The number of halogens is 3. The van der Waals surface area contributed by atoms with Gasteiger partial charge in [-0.3, -0.25) is 19.3 Å². The first kappa shape index (κ1) is 21.1. The zero-order valence-electron chi connectivity index (χ0n) is 15.8. The van der Waals surface area contributed by atoms with Crippen LogP contribution in [0, 0.1) is 11.8 Å². The zero-order chi connectivity index (χ0) is 21.7. The number of hydrogen-bond acceptors (Lipinski definition) is 3. The second-order valence-electron chi connectivity index (χ2n) is 6.53. The Morgan fingerprint density at radius 3 is 2.20 bits per heavy atom. The van der Waals surface area contributed by atoms with Gasteiger partial charge in [0.25, 0.3) is 11.8 Å². The molecule has 0 radical (unpaired) electrons. The fourth-order valence-electron chi connectivity index (χ4n) is 3.05. The van der Waals surface area contributed by atoms with Gasteiger partial charge in [-0.15, -0.1) is 0 Å². The highest BCUT2D eigenvalue weighted by molar-refractivity contribution is 6.21. The third-order valence-corrected chi connectivity index (χ3v) is 4.49. The number of nitrogens with zero attached hydrogens (tertiary/aromatic N) is 1. The minimum absolute atomic E-state index is 0.0498. The van der Waals surface area contributed by atoms with Crippen molar-refractivity contribution >= 4 is 17.7 Å². The van der Waals surface area contributed by atoms with E-state index in [1.807, 2.05) is 0 Å². The van der Waals surface area contributed by atoms with Crippen LogP contribution in [-0.4, -0.2) is 35.7 Å². The van der Waals surface area contributed by atoms with Gasteiger partial charge in [0.05, 0.1) is 23.2 Å². The fraction of sp³-hybridized carbons (Fsp3) is 0.227. The quantitative estimate of drug-likeness (QED) is 0.604. The first-order valence-corrected chi connectivity index (χ1v) is 9.16. The van der Waals surface area contributed by atoms with E-state index in [1.54, 1.807) is 24.3 Å². The molecule has 0 aromatic heterocycles. The van der Waals surface area contributed by atoms with E-state index in [2.05, 4.69) is 17.2 Å². The summed E-state index contributed by atoms with van der Waals surface area (Å²) in [5.74, 6) is 3.78. The van der Waals surface area contributed by atoms with Gasteiger partial charge < -0.3 is 5.32 Å². The van der Waals surface area contributed by atoms with Crippen molar-refractivity contribution in [1.29, 1.82) is 0 Å². The summed E-state index contributed by atoms with van der Waals surface area (Å²) in [5.41, 5.74) is -0.294. The predicted molar refractivity (Wildman–Crippen MR) is 102 cm³/mol. The van der Waals surface area contributed by atoms with Crippen LogP contribution in [0.1, 0.15) is 44.7 Å². The first-order chi connectivity index (χ1) is 14.3. The van der Waals surface area contributed by atoms with Crippen molar-refractivity contribution in [3.05, 3.63) is 70.8 Å². The summed E-state index contributed by atoms with van der Waals surface area (Å²) < 4.78 is 38.7. The van der Waals surface area contributed by atoms with E-state index < -0.39 is 11.7 Å². The van der Waals surface area contributed by atoms with E-state index in [4.69, 9.17) is 0 Å². The molecule has 3 amide bonds. The summed E-state index contributed by atoms with van der Waals surface area (Å²) in [4.78, 5) is 37.5. The molecular weight excluding hydrogens is 397 g/mol. The zero-order valence-corrected chi connectivity index (χ0v) is 15.8. The van der Waals surface area contributed by atoms with E-state index >= 15 is 0 Å². The number of nitrogens with one attached hydrogen (secondary N) is 1. The average molecular weight is 414 g/mol. The molecule has 3 rings (SSSR count). The Labute approximate surface area is 170 Å². The third-order valence-electron chi connectivity index (χ3n) is 4.49. The molecule has 2 aromatic carbocycles. The minimum Gasteiger partial charge on any atom is -0.345 e. The molecule has 0 aliphatic carbocycles. The van der Waals surface area contributed by atoms with Gasteiger partial charge in [-0.05, 0) is 30.7 Å². The predicted octanol–water partition coefficient (Wildman–Crippen LogP) is 3.25. The number of imide groups is 1. The molecule has 0 saturated heterocycles. The van der Waals surface area contributed by atoms with Crippen LogP contribution in [0.3, 0.4) is 0 Å². The molecule has 0 atom stereocenters. The number of fused-ring (bicyclic) bond motifs is 1. The normalized spacial score (nSPS) is 13.0. The van der Waals surface area contributed by atoms with Gasteiger partial charge in [-0.25, -0.2) is 0 Å². The summed E-state index contributed by atoms with van der Waals surface area (Å²) in [6.07, 6.45) is -4.19. The molecule has 0 fully saturated rings. The number of amides is 3. The SMILES string of the molecule is O=C(CCCN1C(=O)c2ccccc2C1=O)NCC#Cc1ccccc1C(F)(F)F. The van der Waals surface area contributed by atoms with Crippen molar-refractivity contribution in [2.75, 3.05) is 13.1 Å². The number of benzene rings is 2. The molecule has 1 heterocycles. The number of carbonyl (C=O) groups is 3. The number of carbonyl (C=O) groups excluding carboxylic acids is 3. The fourth-order valence-corrected chi connectivity index (χ4v) is 3.05. The lowest BCUT2D eigenvalue weighted by molar-refractivity contribution is -0.137. The number of alkyl halides is 3. The van der Waals surface area contributed by atoms with Gasteiger partial charge in [0.2, 0.25) is 5.91 Å². The number of hydrogen-bond donors (Lipinski definition) is 1. The van der Waals surface area contributed by atoms with Crippen LogP contribution in [0.5, 0.6) is 0 Å². The van der Waals surface area contributed by atoms with Gasteiger partial charge in [-0.2, -0.15) is 13.2 Å². The molecule has 1 aliphatic heterocycles. The lowest BCUT2D eigenvalue weighted by atomic mass is 10.1. The van der Waals surface area contributed by atoms with E-state index in [0.29, 0.717) is 11.1 Å². The van der Waals surface area contributed by atoms with Crippen LogP contribution >= 0.6 is 0 Å². The summed E-state index contributed by atoms with van der Waals surface area (Å²) in [7, 11) is 0. The van der Waals surface area contributed by atoms with E-state index in [1.165, 1.54) is 18.2 Å². The Bertz CT molecular complexity index is 1020. The maximum Gasteiger partial charge on any atom is 0.417 e. The summed E-state index contributed by atoms with van der Waals surface area (Å²) >= 11 is 0. The minimum atomic E-state index is -4.50. The van der Waals surface area contributed by atoms with Crippen LogP contribution in [0.4, 0.5) is 13.2 Å². The van der Waals surface area contributed by atoms with Crippen molar-refractivity contribution < 1.29 is 27.6 Å². The highest BCUT2D eigenvalue weighted by atomic mass is 19.4. The smallest absolute Gasteiger partial charge is 0.345 e. The van der Waals surface area contributed by atoms with Gasteiger partial charge in [0, 0.05) is 18.5 Å². The second kappa shape index (κ2) is 8.82. The van der Waals surface area contributed by atoms with Crippen LogP contribution in [0.2, 0.25) is 0 Å². The lowest BCUT2D eigenvalue weighted by Gasteiger charge is -2.13. The monoisotopic (exact) mass is 414 g/mol. The molecule has 0 saturated carbocycles. The van der Waals surface area contributed by atoms with Gasteiger partial charge in [0.1, 0.15) is 0 Å². The van der Waals surface area contributed by atoms with Gasteiger partial charge in [-0.1, -0.05) is 36.1 Å². The maximum atomic E-state index is 12.9. The molecular formula is C22H17F3N2O3. The second-order valence-corrected chi connectivity index (χ2v) is 6.53.